The van der Waals surface area contributed by atoms with Gasteiger partial charge in [0.15, 0.2) is 0 Å². The van der Waals surface area contributed by atoms with Crippen LogP contribution in [0.5, 0.6) is 0 Å². The molecule has 0 aliphatic heterocycles. The van der Waals surface area contributed by atoms with Gasteiger partial charge in [0.1, 0.15) is 0 Å². The zero-order chi connectivity index (χ0) is 23.8. The van der Waals surface area contributed by atoms with Crippen molar-refractivity contribution in [3.63, 3.8) is 0 Å². The first-order valence-electron chi connectivity index (χ1n) is 11.2. The minimum atomic E-state index is -0.380. The summed E-state index contributed by atoms with van der Waals surface area (Å²) in [5.41, 5.74) is 5.60. The second-order valence-corrected chi connectivity index (χ2v) is 7.73. The van der Waals surface area contributed by atoms with E-state index in [1.807, 2.05) is 42.5 Å². The lowest BCUT2D eigenvalue weighted by Gasteiger charge is -2.04. The van der Waals surface area contributed by atoms with Crippen molar-refractivity contribution in [1.29, 1.82) is 0 Å². The minimum Gasteiger partial charge on any atom is -0.462 e. The van der Waals surface area contributed by atoms with Crippen molar-refractivity contribution >= 4 is 34.5 Å². The first-order chi connectivity index (χ1) is 16.6. The molecular formula is C29H26N2O3. The van der Waals surface area contributed by atoms with Gasteiger partial charge in [-0.2, -0.15) is 0 Å². The molecular weight excluding hydrogens is 424 g/mol. The van der Waals surface area contributed by atoms with E-state index in [2.05, 4.69) is 34.6 Å². The second-order valence-electron chi connectivity index (χ2n) is 7.73. The number of benzene rings is 3. The lowest BCUT2D eigenvalue weighted by Crippen LogP contribution is -2.08. The van der Waals surface area contributed by atoms with Crippen LogP contribution in [0.4, 0.5) is 5.69 Å². The molecule has 0 saturated heterocycles. The molecule has 34 heavy (non-hydrogen) atoms. The number of H-pyrrole nitrogens is 1. The lowest BCUT2D eigenvalue weighted by molar-refractivity contribution is -0.111. The molecule has 0 aliphatic rings. The number of nitrogens with one attached hydrogen (secondary N) is 2. The average Bonchev–Trinajstić information content (AvgIpc) is 3.20. The van der Waals surface area contributed by atoms with Crippen molar-refractivity contribution in [2.75, 3.05) is 11.9 Å². The number of esters is 1. The number of amides is 1. The van der Waals surface area contributed by atoms with Gasteiger partial charge in [-0.3, -0.25) is 4.79 Å². The third kappa shape index (κ3) is 5.70. The van der Waals surface area contributed by atoms with Crippen LogP contribution < -0.4 is 5.32 Å². The molecule has 0 radical (unpaired) electrons. The molecule has 3 aromatic carbocycles. The SMILES string of the molecule is CCOC(=O)c1ccc(NC(=O)C=CC=Cc2c(Cc3ccccc3)[nH]c3ccccc23)cc1. The van der Waals surface area contributed by atoms with E-state index in [4.69, 9.17) is 4.74 Å². The molecule has 0 fully saturated rings. The first-order valence-corrected chi connectivity index (χ1v) is 11.2. The summed E-state index contributed by atoms with van der Waals surface area (Å²) in [4.78, 5) is 27.5. The summed E-state index contributed by atoms with van der Waals surface area (Å²) in [6, 6.07) is 25.1. The van der Waals surface area contributed by atoms with Gasteiger partial charge in [-0.1, -0.05) is 66.8 Å². The van der Waals surface area contributed by atoms with Crippen molar-refractivity contribution in [1.82, 2.24) is 4.98 Å². The van der Waals surface area contributed by atoms with Crippen molar-refractivity contribution in [3.05, 3.63) is 119 Å². The van der Waals surface area contributed by atoms with Crippen LogP contribution in [0.3, 0.4) is 0 Å². The molecule has 0 bridgehead atoms. The van der Waals surface area contributed by atoms with Crippen LogP contribution in [-0.2, 0) is 16.0 Å². The fourth-order valence-electron chi connectivity index (χ4n) is 3.73. The van der Waals surface area contributed by atoms with E-state index in [0.29, 0.717) is 17.9 Å². The van der Waals surface area contributed by atoms with Crippen molar-refractivity contribution in [2.24, 2.45) is 0 Å². The standard InChI is InChI=1S/C29H26N2O3/c1-2-34-29(33)22-16-18-23(19-17-22)30-28(32)15-9-7-13-25-24-12-6-8-14-26(24)31-27(25)20-21-10-4-3-5-11-21/h3-19,31H,2,20H2,1H3,(H,30,32). The Bertz CT molecular complexity index is 1330. The first kappa shape index (κ1) is 22.8. The van der Waals surface area contributed by atoms with E-state index in [1.165, 1.54) is 11.6 Å². The van der Waals surface area contributed by atoms with Crippen molar-refractivity contribution < 1.29 is 14.3 Å². The number of rotatable bonds is 8. The Morgan fingerprint density at radius 2 is 1.65 bits per heavy atom. The van der Waals surface area contributed by atoms with Gasteiger partial charge in [0, 0.05) is 40.3 Å². The highest BCUT2D eigenvalue weighted by molar-refractivity contribution is 6.00. The number of hydrogen-bond donors (Lipinski definition) is 2. The summed E-state index contributed by atoms with van der Waals surface area (Å²) >= 11 is 0. The Labute approximate surface area is 198 Å². The Morgan fingerprint density at radius 3 is 2.41 bits per heavy atom. The smallest absolute Gasteiger partial charge is 0.338 e. The molecule has 1 heterocycles. The summed E-state index contributed by atoms with van der Waals surface area (Å²) in [6.07, 6.45) is 7.88. The van der Waals surface area contributed by atoms with E-state index in [9.17, 15) is 9.59 Å². The van der Waals surface area contributed by atoms with E-state index >= 15 is 0 Å². The number of para-hydroxylation sites is 1. The largest absolute Gasteiger partial charge is 0.462 e. The van der Waals surface area contributed by atoms with E-state index in [-0.39, 0.29) is 11.9 Å². The average molecular weight is 451 g/mol. The zero-order valence-corrected chi connectivity index (χ0v) is 19.0. The molecule has 4 rings (SSSR count). The van der Waals surface area contributed by atoms with Gasteiger partial charge in [-0.25, -0.2) is 4.79 Å². The molecule has 2 N–H and O–H groups in total. The number of anilines is 1. The molecule has 170 valence electrons. The maximum atomic E-state index is 12.3. The Morgan fingerprint density at radius 1 is 0.912 bits per heavy atom. The monoisotopic (exact) mass is 450 g/mol. The maximum absolute atomic E-state index is 12.3. The highest BCUT2D eigenvalue weighted by Crippen LogP contribution is 2.25. The van der Waals surface area contributed by atoms with Gasteiger partial charge in [-0.05, 0) is 42.8 Å². The van der Waals surface area contributed by atoms with Crippen molar-refractivity contribution in [2.45, 2.75) is 13.3 Å². The Hall–Kier alpha value is -4.38. The molecule has 4 aromatic rings. The molecule has 5 nitrogen and oxygen atoms in total. The van der Waals surface area contributed by atoms with Crippen LogP contribution >= 0.6 is 0 Å². The van der Waals surface area contributed by atoms with Crippen LogP contribution in [0.1, 0.15) is 34.1 Å². The number of fused-ring (bicyclic) bond motifs is 1. The number of aromatic amines is 1. The maximum Gasteiger partial charge on any atom is 0.338 e. The fraction of sp³-hybridized carbons (Fsp3) is 0.103. The zero-order valence-electron chi connectivity index (χ0n) is 19.0. The normalized spacial score (nSPS) is 11.3. The van der Waals surface area contributed by atoms with Gasteiger partial charge in [0.25, 0.3) is 0 Å². The Balaban J connectivity index is 1.44. The van der Waals surface area contributed by atoms with Crippen LogP contribution in [0.2, 0.25) is 0 Å². The summed E-state index contributed by atoms with van der Waals surface area (Å²) < 4.78 is 4.97. The minimum absolute atomic E-state index is 0.253. The third-order valence-electron chi connectivity index (χ3n) is 5.34. The number of hydrogen-bond acceptors (Lipinski definition) is 3. The molecule has 0 unspecified atom stereocenters. The predicted molar refractivity (Wildman–Crippen MR) is 137 cm³/mol. The summed E-state index contributed by atoms with van der Waals surface area (Å²) in [6.45, 7) is 2.08. The Kier molecular flexibility index (Phi) is 7.35. The molecule has 0 saturated carbocycles. The van der Waals surface area contributed by atoms with Crippen LogP contribution in [0.25, 0.3) is 17.0 Å². The number of carbonyl (C=O) groups is 2. The second kappa shape index (κ2) is 11.0. The highest BCUT2D eigenvalue weighted by atomic mass is 16.5. The third-order valence-corrected chi connectivity index (χ3v) is 5.34. The molecule has 5 heteroatoms. The molecule has 0 atom stereocenters. The molecule has 0 spiro atoms. The molecule has 1 aromatic heterocycles. The summed E-state index contributed by atoms with van der Waals surface area (Å²) in [7, 11) is 0. The van der Waals surface area contributed by atoms with E-state index < -0.39 is 0 Å². The van der Waals surface area contributed by atoms with Crippen molar-refractivity contribution in [3.8, 4) is 0 Å². The number of aromatic nitrogens is 1. The fourth-order valence-corrected chi connectivity index (χ4v) is 3.73. The molecule has 1 amide bonds. The number of allylic oxidation sites excluding steroid dienone is 2. The van der Waals surface area contributed by atoms with Gasteiger partial charge in [-0.15, -0.1) is 0 Å². The summed E-state index contributed by atoms with van der Waals surface area (Å²) in [5.74, 6) is -0.633. The highest BCUT2D eigenvalue weighted by Gasteiger charge is 2.09. The van der Waals surface area contributed by atoms with Gasteiger partial charge < -0.3 is 15.0 Å². The van der Waals surface area contributed by atoms with Crippen LogP contribution in [0, 0.1) is 0 Å². The van der Waals surface area contributed by atoms with Crippen LogP contribution in [-0.4, -0.2) is 23.5 Å². The number of ether oxygens (including phenoxy) is 1. The van der Waals surface area contributed by atoms with Crippen LogP contribution in [0.15, 0.2) is 97.1 Å². The van der Waals surface area contributed by atoms with E-state index in [0.717, 1.165) is 28.6 Å². The van der Waals surface area contributed by atoms with Gasteiger partial charge >= 0.3 is 5.97 Å². The van der Waals surface area contributed by atoms with Gasteiger partial charge in [0.2, 0.25) is 5.91 Å². The predicted octanol–water partition coefficient (Wildman–Crippen LogP) is 6.14. The quantitative estimate of drug-likeness (QED) is 0.192. The summed E-state index contributed by atoms with van der Waals surface area (Å²) in [5, 5.41) is 3.93. The topological polar surface area (TPSA) is 71.2 Å². The number of carbonyl (C=O) groups excluding carboxylic acids is 2. The van der Waals surface area contributed by atoms with E-state index in [1.54, 1.807) is 37.3 Å². The van der Waals surface area contributed by atoms with Gasteiger partial charge in [0.05, 0.1) is 12.2 Å². The molecule has 0 aliphatic carbocycles. The lowest BCUT2D eigenvalue weighted by atomic mass is 10.0.